The second kappa shape index (κ2) is 27.2. The summed E-state index contributed by atoms with van der Waals surface area (Å²) in [5, 5.41) is 7.42. The Kier molecular flexibility index (Phi) is 33.4. The average Bonchev–Trinajstić information content (AvgIpc) is 2.48. The van der Waals surface area contributed by atoms with E-state index in [2.05, 4.69) is 59.2 Å². The van der Waals surface area contributed by atoms with Crippen LogP contribution < -0.4 is 0 Å². The van der Waals surface area contributed by atoms with Gasteiger partial charge in [0.15, 0.2) is 0 Å². The number of carboxylic acids is 1. The monoisotopic (exact) mass is 500 g/mol. The summed E-state index contributed by atoms with van der Waals surface area (Å²) in [6.45, 7) is 10.4. The van der Waals surface area contributed by atoms with Gasteiger partial charge in [-0.2, -0.15) is 0 Å². The van der Waals surface area contributed by atoms with Crippen LogP contribution in [0, 0.1) is 11.8 Å². The first-order valence-corrected chi connectivity index (χ1v) is 18.0. The minimum absolute atomic E-state index is 0.230. The van der Waals surface area contributed by atoms with Crippen LogP contribution in [-0.2, 0) is 4.79 Å². The van der Waals surface area contributed by atoms with E-state index in [0.29, 0.717) is 0 Å². The molecule has 0 rings (SSSR count). The van der Waals surface area contributed by atoms with Gasteiger partial charge >= 0.3 is 31.0 Å². The van der Waals surface area contributed by atoms with Crippen molar-refractivity contribution in [2.24, 2.45) is 11.8 Å². The van der Waals surface area contributed by atoms with E-state index in [-0.39, 0.29) is 21.1 Å². The van der Waals surface area contributed by atoms with E-state index in [9.17, 15) is 0 Å². The number of carbonyl (C=O) groups is 1. The van der Waals surface area contributed by atoms with Crippen molar-refractivity contribution in [1.29, 1.82) is 0 Å². The van der Waals surface area contributed by atoms with Gasteiger partial charge < -0.3 is 5.11 Å². The van der Waals surface area contributed by atoms with E-state index in [4.69, 9.17) is 9.90 Å². The third kappa shape index (κ3) is 51.7. The summed E-state index contributed by atoms with van der Waals surface area (Å²) in [5.41, 5.74) is 0. The van der Waals surface area contributed by atoms with Crippen molar-refractivity contribution in [2.45, 2.75) is 95.9 Å². The normalized spacial score (nSPS) is 10.1. The minimum atomic E-state index is -0.833. The first kappa shape index (κ1) is 30.7. The second-order valence-electron chi connectivity index (χ2n) is 7.15. The number of aliphatic carboxylic acids is 1. The van der Waals surface area contributed by atoms with Gasteiger partial charge in [-0.25, -0.2) is 0 Å². The zero-order chi connectivity index (χ0) is 19.9. The fourth-order valence-corrected chi connectivity index (χ4v) is 4.19. The Morgan fingerprint density at radius 1 is 0.800 bits per heavy atom. The molecule has 0 spiro atoms. The van der Waals surface area contributed by atoms with Crippen LogP contribution in [0.3, 0.4) is 0 Å². The molecule has 0 aliphatic carbocycles. The quantitative estimate of drug-likeness (QED) is 0.160. The molecule has 152 valence electrons. The molecule has 0 saturated carbocycles. The molecule has 0 aromatic carbocycles. The van der Waals surface area contributed by atoms with E-state index < -0.39 is 5.97 Å². The van der Waals surface area contributed by atoms with Gasteiger partial charge in [-0.05, 0) is 24.7 Å². The van der Waals surface area contributed by atoms with Crippen molar-refractivity contribution in [3.8, 4) is 0 Å². The third-order valence-corrected chi connectivity index (χ3v) is 5.68. The first-order valence-electron chi connectivity index (χ1n) is 9.80. The van der Waals surface area contributed by atoms with Crippen LogP contribution in [0.5, 0.6) is 0 Å². The maximum absolute atomic E-state index is 9.00. The Morgan fingerprint density at radius 3 is 1.32 bits per heavy atom. The molecule has 0 bridgehead atoms. The number of carboxylic acid groups (broad SMARTS) is 1. The van der Waals surface area contributed by atoms with Crippen LogP contribution in [0.15, 0.2) is 0 Å². The number of rotatable bonds is 13. The molecule has 0 aliphatic rings. The molecule has 25 heavy (non-hydrogen) atoms. The average molecular weight is 499 g/mol. The van der Waals surface area contributed by atoms with Crippen LogP contribution in [0.25, 0.3) is 0 Å². The van der Waals surface area contributed by atoms with Crippen molar-refractivity contribution in [1.82, 2.24) is 0 Å². The van der Waals surface area contributed by atoms with Crippen molar-refractivity contribution >= 4 is 48.7 Å². The molecule has 5 heteroatoms. The Balaban J connectivity index is -0.000000586. The molecule has 0 aromatic heterocycles. The van der Waals surface area contributed by atoms with Gasteiger partial charge in [-0.3, -0.25) is 4.79 Å². The van der Waals surface area contributed by atoms with Crippen molar-refractivity contribution in [3.63, 3.8) is 0 Å². The summed E-state index contributed by atoms with van der Waals surface area (Å²) in [6, 6.07) is 0. The zero-order valence-electron chi connectivity index (χ0n) is 17.9. The van der Waals surface area contributed by atoms with Crippen LogP contribution in [-0.4, -0.2) is 43.7 Å². The summed E-state index contributed by atoms with van der Waals surface area (Å²) < 4.78 is 0. The van der Waals surface area contributed by atoms with E-state index in [0.717, 1.165) is 18.8 Å². The molecular weight excluding hydrogens is 455 g/mol. The van der Waals surface area contributed by atoms with Crippen LogP contribution in [0.4, 0.5) is 0 Å². The molecule has 0 heterocycles. The van der Waals surface area contributed by atoms with Gasteiger partial charge in [0.25, 0.3) is 5.97 Å². The Morgan fingerprint density at radius 2 is 1.08 bits per heavy atom. The molecule has 1 N–H and O–H groups in total. The second-order valence-corrected chi connectivity index (χ2v) is 12.7. The number of hydrogen-bond donors (Lipinski definition) is 1. The predicted octanol–water partition coefficient (Wildman–Crippen LogP) is 7.68. The van der Waals surface area contributed by atoms with Crippen LogP contribution in [0.2, 0.25) is 9.88 Å². The standard InChI is InChI=1S/C16H34S2.C2H4O2.2CH3.Sn/c1-15(2)11-7-5-9-13-17-18-14-10-6-8-12-16(3)4;1-2(3)4;;;/h15-16H,5-14H2,1-4H3;1H3,(H,3,4);2*1H3;. The topological polar surface area (TPSA) is 37.3 Å². The number of unbranched alkanes of at least 4 members (excludes halogenated alkanes) is 4. The van der Waals surface area contributed by atoms with E-state index in [1.54, 1.807) is 0 Å². The predicted molar refractivity (Wildman–Crippen MR) is 122 cm³/mol. The Labute approximate surface area is 177 Å². The van der Waals surface area contributed by atoms with Gasteiger partial charge in [0.1, 0.15) is 0 Å². The first-order chi connectivity index (χ1) is 11.8. The summed E-state index contributed by atoms with van der Waals surface area (Å²) in [7, 11) is 4.19. The zero-order valence-corrected chi connectivity index (χ0v) is 22.4. The third-order valence-electron chi connectivity index (χ3n) is 3.10. The molecule has 0 aliphatic heterocycles. The summed E-state index contributed by atoms with van der Waals surface area (Å²) in [5.74, 6) is 3.65. The van der Waals surface area contributed by atoms with E-state index in [1.807, 2.05) is 0 Å². The Hall–Kier alpha value is 0.969. The molecule has 0 saturated heterocycles. The Bertz CT molecular complexity index is 228. The van der Waals surface area contributed by atoms with Gasteiger partial charge in [-0.1, -0.05) is 87.8 Å². The molecule has 0 unspecified atom stereocenters. The molecule has 0 fully saturated rings. The van der Waals surface area contributed by atoms with Crippen molar-refractivity contribution in [2.75, 3.05) is 11.5 Å². The van der Waals surface area contributed by atoms with Gasteiger partial charge in [0.2, 0.25) is 0 Å². The molecule has 2 nitrogen and oxygen atoms in total. The molecular formula is C20H44O2S2Sn. The van der Waals surface area contributed by atoms with Gasteiger partial charge in [-0.15, -0.1) is 0 Å². The maximum atomic E-state index is 9.00. The van der Waals surface area contributed by atoms with Crippen molar-refractivity contribution < 1.29 is 9.90 Å². The van der Waals surface area contributed by atoms with E-state index in [1.165, 1.54) is 62.9 Å². The molecule has 0 atom stereocenters. The fourth-order valence-electron chi connectivity index (χ4n) is 1.90. The fraction of sp³-hybridized carbons (Fsp3) is 0.950. The molecule has 0 aromatic rings. The number of hydrogen-bond acceptors (Lipinski definition) is 3. The molecule has 0 amide bonds. The van der Waals surface area contributed by atoms with Crippen LogP contribution >= 0.6 is 21.6 Å². The van der Waals surface area contributed by atoms with Gasteiger partial charge in [0, 0.05) is 18.4 Å². The molecule has 2 radical (unpaired) electrons. The SMILES string of the molecule is CC(=O)O.CC(C)CCCCCSSCCCCCC(C)C.[CH3][Sn][CH3]. The summed E-state index contributed by atoms with van der Waals surface area (Å²) >= 11 is 0.230. The summed E-state index contributed by atoms with van der Waals surface area (Å²) in [6.07, 6.45) is 11.4. The van der Waals surface area contributed by atoms with Crippen LogP contribution in [0.1, 0.15) is 86.0 Å². The van der Waals surface area contributed by atoms with E-state index >= 15 is 0 Å². The summed E-state index contributed by atoms with van der Waals surface area (Å²) in [4.78, 5) is 13.6. The van der Waals surface area contributed by atoms with Crippen molar-refractivity contribution in [3.05, 3.63) is 0 Å². The van der Waals surface area contributed by atoms with Gasteiger partial charge in [0.05, 0.1) is 0 Å².